The third-order valence-electron chi connectivity index (χ3n) is 1.81. The van der Waals surface area contributed by atoms with Crippen LogP contribution in [0.4, 0.5) is 0 Å². The lowest BCUT2D eigenvalue weighted by molar-refractivity contribution is 0.533. The molecule has 10 heavy (non-hydrogen) atoms. The summed E-state index contributed by atoms with van der Waals surface area (Å²) >= 11 is 0. The quantitative estimate of drug-likeness (QED) is 0.546. The molecule has 0 aromatic heterocycles. The van der Waals surface area contributed by atoms with Crippen LogP contribution in [0.15, 0.2) is 12.7 Å². The van der Waals surface area contributed by atoms with Crippen molar-refractivity contribution in [1.29, 1.82) is 0 Å². The summed E-state index contributed by atoms with van der Waals surface area (Å²) in [4.78, 5) is 0. The first-order chi connectivity index (χ1) is 4.93. The lowest BCUT2D eigenvalue weighted by Gasteiger charge is -2.12. The molecule has 1 saturated heterocycles. The highest BCUT2D eigenvalue weighted by molar-refractivity contribution is 4.81. The highest BCUT2D eigenvalue weighted by atomic mass is 15.0. The summed E-state index contributed by atoms with van der Waals surface area (Å²) in [6, 6.07) is 0.611. The Morgan fingerprint density at radius 3 is 3.20 bits per heavy atom. The topological polar surface area (TPSA) is 24.1 Å². The van der Waals surface area contributed by atoms with Crippen LogP contribution in [-0.4, -0.2) is 25.7 Å². The summed E-state index contributed by atoms with van der Waals surface area (Å²) in [5, 5.41) is 6.82. The van der Waals surface area contributed by atoms with Gasteiger partial charge in [-0.2, -0.15) is 0 Å². The highest BCUT2D eigenvalue weighted by Gasteiger charge is 2.07. The van der Waals surface area contributed by atoms with Gasteiger partial charge in [0, 0.05) is 12.6 Å². The van der Waals surface area contributed by atoms with Gasteiger partial charge in [-0.3, -0.25) is 0 Å². The van der Waals surface area contributed by atoms with Gasteiger partial charge in [0.2, 0.25) is 0 Å². The van der Waals surface area contributed by atoms with E-state index in [0.717, 1.165) is 26.1 Å². The summed E-state index contributed by atoms with van der Waals surface area (Å²) in [6.07, 6.45) is 4.30. The average molecular weight is 140 g/mol. The first kappa shape index (κ1) is 7.76. The molecule has 0 aromatic carbocycles. The van der Waals surface area contributed by atoms with E-state index in [0.29, 0.717) is 6.04 Å². The van der Waals surface area contributed by atoms with E-state index in [1.54, 1.807) is 0 Å². The maximum Gasteiger partial charge on any atom is 0.0226 e. The van der Waals surface area contributed by atoms with E-state index in [4.69, 9.17) is 0 Å². The van der Waals surface area contributed by atoms with Crippen LogP contribution in [0.3, 0.4) is 0 Å². The minimum Gasteiger partial charge on any atom is -0.315 e. The smallest absolute Gasteiger partial charge is 0.0226 e. The summed E-state index contributed by atoms with van der Waals surface area (Å²) in [7, 11) is 0. The van der Waals surface area contributed by atoms with Crippen molar-refractivity contribution in [2.75, 3.05) is 19.6 Å². The largest absolute Gasteiger partial charge is 0.315 e. The lowest BCUT2D eigenvalue weighted by atomic mass is 10.2. The SMILES string of the molecule is C=CCC1CNCCCN1. The van der Waals surface area contributed by atoms with Crippen molar-refractivity contribution >= 4 is 0 Å². The normalized spacial score (nSPS) is 27.4. The van der Waals surface area contributed by atoms with Crippen LogP contribution in [0.2, 0.25) is 0 Å². The molecule has 0 bridgehead atoms. The standard InChI is InChI=1S/C8H16N2/c1-2-4-8-7-9-5-3-6-10-8/h2,8-10H,1,3-7H2. The summed E-state index contributed by atoms with van der Waals surface area (Å²) in [5.41, 5.74) is 0. The van der Waals surface area contributed by atoms with Crippen LogP contribution < -0.4 is 10.6 Å². The van der Waals surface area contributed by atoms with Crippen LogP contribution in [0, 0.1) is 0 Å². The van der Waals surface area contributed by atoms with E-state index < -0.39 is 0 Å². The molecule has 2 heteroatoms. The number of hydrogen-bond donors (Lipinski definition) is 2. The second-order valence-corrected chi connectivity index (χ2v) is 2.73. The Labute approximate surface area is 62.7 Å². The number of hydrogen-bond acceptors (Lipinski definition) is 2. The lowest BCUT2D eigenvalue weighted by Crippen LogP contribution is -2.34. The van der Waals surface area contributed by atoms with Crippen molar-refractivity contribution in [2.45, 2.75) is 18.9 Å². The third kappa shape index (κ3) is 2.50. The van der Waals surface area contributed by atoms with Crippen LogP contribution in [0.5, 0.6) is 0 Å². The zero-order chi connectivity index (χ0) is 7.23. The van der Waals surface area contributed by atoms with Crippen molar-refractivity contribution in [3.63, 3.8) is 0 Å². The Hall–Kier alpha value is -0.340. The predicted octanol–water partition coefficient (Wildman–Crippen LogP) is 0.514. The maximum atomic E-state index is 3.72. The molecule has 2 nitrogen and oxygen atoms in total. The van der Waals surface area contributed by atoms with Crippen molar-refractivity contribution in [1.82, 2.24) is 10.6 Å². The van der Waals surface area contributed by atoms with Crippen molar-refractivity contribution in [3.05, 3.63) is 12.7 Å². The fourth-order valence-corrected chi connectivity index (χ4v) is 1.24. The van der Waals surface area contributed by atoms with E-state index in [1.165, 1.54) is 6.42 Å². The molecule has 0 saturated carbocycles. The third-order valence-corrected chi connectivity index (χ3v) is 1.81. The maximum absolute atomic E-state index is 3.72. The molecule has 0 radical (unpaired) electrons. The van der Waals surface area contributed by atoms with Gasteiger partial charge in [-0.05, 0) is 25.9 Å². The Morgan fingerprint density at radius 1 is 1.50 bits per heavy atom. The van der Waals surface area contributed by atoms with Gasteiger partial charge in [0.15, 0.2) is 0 Å². The average Bonchev–Trinajstić information content (AvgIpc) is 2.17. The molecule has 1 heterocycles. The molecule has 0 aliphatic carbocycles. The molecule has 1 rings (SSSR count). The molecule has 58 valence electrons. The Kier molecular flexibility index (Phi) is 3.47. The van der Waals surface area contributed by atoms with Gasteiger partial charge in [0.25, 0.3) is 0 Å². The van der Waals surface area contributed by atoms with Gasteiger partial charge in [-0.15, -0.1) is 6.58 Å². The van der Waals surface area contributed by atoms with Crippen LogP contribution in [0.1, 0.15) is 12.8 Å². The highest BCUT2D eigenvalue weighted by Crippen LogP contribution is 1.94. The van der Waals surface area contributed by atoms with Gasteiger partial charge >= 0.3 is 0 Å². The van der Waals surface area contributed by atoms with Crippen molar-refractivity contribution in [3.8, 4) is 0 Å². The van der Waals surface area contributed by atoms with E-state index in [9.17, 15) is 0 Å². The van der Waals surface area contributed by atoms with Crippen LogP contribution in [0.25, 0.3) is 0 Å². The Morgan fingerprint density at radius 2 is 2.40 bits per heavy atom. The molecular weight excluding hydrogens is 124 g/mol. The minimum atomic E-state index is 0.611. The molecule has 2 N–H and O–H groups in total. The molecule has 1 atom stereocenters. The van der Waals surface area contributed by atoms with Gasteiger partial charge in [0.1, 0.15) is 0 Å². The summed E-state index contributed by atoms with van der Waals surface area (Å²) < 4.78 is 0. The van der Waals surface area contributed by atoms with Crippen LogP contribution in [-0.2, 0) is 0 Å². The fourth-order valence-electron chi connectivity index (χ4n) is 1.24. The monoisotopic (exact) mass is 140 g/mol. The van der Waals surface area contributed by atoms with Crippen molar-refractivity contribution < 1.29 is 0 Å². The molecular formula is C8H16N2. The first-order valence-electron chi connectivity index (χ1n) is 3.98. The van der Waals surface area contributed by atoms with E-state index in [2.05, 4.69) is 17.2 Å². The molecule has 1 unspecified atom stereocenters. The molecule has 0 amide bonds. The molecule has 1 fully saturated rings. The van der Waals surface area contributed by atoms with E-state index >= 15 is 0 Å². The fraction of sp³-hybridized carbons (Fsp3) is 0.750. The Bertz CT molecular complexity index is 93.4. The van der Waals surface area contributed by atoms with Gasteiger partial charge in [-0.1, -0.05) is 6.08 Å². The van der Waals surface area contributed by atoms with E-state index in [-0.39, 0.29) is 0 Å². The summed E-state index contributed by atoms with van der Waals surface area (Å²) in [6.45, 7) is 7.10. The molecule has 1 aliphatic heterocycles. The van der Waals surface area contributed by atoms with Gasteiger partial charge in [-0.25, -0.2) is 0 Å². The molecule has 1 aliphatic rings. The van der Waals surface area contributed by atoms with Crippen LogP contribution >= 0.6 is 0 Å². The zero-order valence-corrected chi connectivity index (χ0v) is 6.40. The van der Waals surface area contributed by atoms with Gasteiger partial charge < -0.3 is 10.6 Å². The second kappa shape index (κ2) is 4.47. The van der Waals surface area contributed by atoms with E-state index in [1.807, 2.05) is 6.08 Å². The molecule has 0 aromatic rings. The Balaban J connectivity index is 2.21. The number of rotatable bonds is 2. The summed E-state index contributed by atoms with van der Waals surface area (Å²) in [5.74, 6) is 0. The first-order valence-corrected chi connectivity index (χ1v) is 3.98. The molecule has 0 spiro atoms. The predicted molar refractivity (Wildman–Crippen MR) is 44.1 cm³/mol. The second-order valence-electron chi connectivity index (χ2n) is 2.73. The minimum absolute atomic E-state index is 0.611. The zero-order valence-electron chi connectivity index (χ0n) is 6.40. The van der Waals surface area contributed by atoms with Gasteiger partial charge in [0.05, 0.1) is 0 Å². The number of nitrogens with one attached hydrogen (secondary N) is 2. The van der Waals surface area contributed by atoms with Crippen molar-refractivity contribution in [2.24, 2.45) is 0 Å².